The average molecular weight is 324 g/mol. The van der Waals surface area contributed by atoms with Gasteiger partial charge in [-0.2, -0.15) is 0 Å². The Kier molecular flexibility index (Phi) is 4.74. The zero-order valence-electron chi connectivity index (χ0n) is 14.3. The molecule has 1 heterocycles. The van der Waals surface area contributed by atoms with E-state index in [1.165, 1.54) is 5.56 Å². The van der Waals surface area contributed by atoms with Crippen LogP contribution in [0.2, 0.25) is 0 Å². The maximum Gasteiger partial charge on any atom is 0.254 e. The van der Waals surface area contributed by atoms with Crippen LogP contribution in [0.4, 0.5) is 5.69 Å². The Morgan fingerprint density at radius 1 is 1.08 bits per heavy atom. The Bertz CT molecular complexity index is 717. The Hall–Kier alpha value is -2.49. The van der Waals surface area contributed by atoms with E-state index in [-0.39, 0.29) is 12.0 Å². The van der Waals surface area contributed by atoms with Gasteiger partial charge in [0.15, 0.2) is 0 Å². The van der Waals surface area contributed by atoms with Gasteiger partial charge < -0.3 is 15.4 Å². The Morgan fingerprint density at radius 2 is 1.75 bits per heavy atom. The summed E-state index contributed by atoms with van der Waals surface area (Å²) in [5.74, 6) is 0.964. The highest BCUT2D eigenvalue weighted by molar-refractivity contribution is 5.96. The van der Waals surface area contributed by atoms with Crippen molar-refractivity contribution in [2.24, 2.45) is 0 Å². The number of benzene rings is 2. The van der Waals surface area contributed by atoms with Gasteiger partial charge in [0.2, 0.25) is 0 Å². The highest BCUT2D eigenvalue weighted by Gasteiger charge is 2.25. The van der Waals surface area contributed by atoms with E-state index in [0.29, 0.717) is 24.3 Å². The molecule has 0 aliphatic carbocycles. The van der Waals surface area contributed by atoms with Crippen LogP contribution in [0.5, 0.6) is 5.75 Å². The lowest BCUT2D eigenvalue weighted by Gasteiger charge is -2.32. The van der Waals surface area contributed by atoms with E-state index in [0.717, 1.165) is 24.2 Å². The van der Waals surface area contributed by atoms with Crippen LogP contribution in [-0.2, 0) is 0 Å². The monoisotopic (exact) mass is 324 g/mol. The fourth-order valence-electron chi connectivity index (χ4n) is 3.03. The third kappa shape index (κ3) is 3.70. The Morgan fingerprint density at radius 3 is 2.42 bits per heavy atom. The number of anilines is 1. The van der Waals surface area contributed by atoms with E-state index >= 15 is 0 Å². The second-order valence-corrected chi connectivity index (χ2v) is 6.50. The molecule has 1 amide bonds. The third-order valence-corrected chi connectivity index (χ3v) is 4.54. The summed E-state index contributed by atoms with van der Waals surface area (Å²) in [6.07, 6.45) is 1.86. The molecule has 2 N–H and O–H groups in total. The topological polar surface area (TPSA) is 55.6 Å². The first-order valence-electron chi connectivity index (χ1n) is 8.41. The molecular formula is C20H24N2O2. The van der Waals surface area contributed by atoms with Crippen molar-refractivity contribution in [2.45, 2.75) is 32.8 Å². The van der Waals surface area contributed by atoms with Crippen molar-refractivity contribution in [1.82, 2.24) is 4.90 Å². The van der Waals surface area contributed by atoms with Gasteiger partial charge in [-0.25, -0.2) is 0 Å². The third-order valence-electron chi connectivity index (χ3n) is 4.54. The normalized spacial score (nSPS) is 15.3. The summed E-state index contributed by atoms with van der Waals surface area (Å²) in [6, 6.07) is 13.6. The van der Waals surface area contributed by atoms with Crippen LogP contribution < -0.4 is 10.5 Å². The van der Waals surface area contributed by atoms with Crippen LogP contribution in [0.15, 0.2) is 42.5 Å². The predicted octanol–water partition coefficient (Wildman–Crippen LogP) is 3.57. The van der Waals surface area contributed by atoms with Crippen molar-refractivity contribution in [3.63, 3.8) is 0 Å². The van der Waals surface area contributed by atoms with Crippen LogP contribution >= 0.6 is 0 Å². The van der Waals surface area contributed by atoms with Crippen LogP contribution in [0.3, 0.4) is 0 Å². The summed E-state index contributed by atoms with van der Waals surface area (Å²) in [6.45, 7) is 5.43. The second-order valence-electron chi connectivity index (χ2n) is 6.50. The molecule has 0 aromatic heterocycles. The molecule has 0 unspecified atom stereocenters. The Labute approximate surface area is 143 Å². The minimum Gasteiger partial charge on any atom is -0.490 e. The zero-order chi connectivity index (χ0) is 17.1. The molecule has 0 spiro atoms. The molecule has 3 rings (SSSR count). The number of aryl methyl sites for hydroxylation is 2. The van der Waals surface area contributed by atoms with E-state index in [2.05, 4.69) is 19.1 Å². The molecule has 0 saturated carbocycles. The van der Waals surface area contributed by atoms with Gasteiger partial charge in [-0.3, -0.25) is 4.79 Å². The predicted molar refractivity (Wildman–Crippen MR) is 96.3 cm³/mol. The standard InChI is InChI=1S/C20H24N2O2/c1-14-3-7-17(8-4-14)24-18-9-11-22(12-10-18)20(23)19-13-16(21)6-5-15(19)2/h3-8,13,18H,9-12,21H2,1-2H3. The van der Waals surface area contributed by atoms with Gasteiger partial charge in [0, 0.05) is 37.2 Å². The van der Waals surface area contributed by atoms with E-state index < -0.39 is 0 Å². The number of hydrogen-bond acceptors (Lipinski definition) is 3. The average Bonchev–Trinajstić information content (AvgIpc) is 2.59. The summed E-state index contributed by atoms with van der Waals surface area (Å²) in [7, 11) is 0. The lowest BCUT2D eigenvalue weighted by Crippen LogP contribution is -2.42. The number of likely N-dealkylation sites (tertiary alicyclic amines) is 1. The maximum atomic E-state index is 12.7. The molecule has 1 aliphatic rings. The number of hydrogen-bond donors (Lipinski definition) is 1. The van der Waals surface area contributed by atoms with E-state index in [1.807, 2.05) is 36.1 Å². The van der Waals surface area contributed by atoms with Crippen LogP contribution in [0.25, 0.3) is 0 Å². The number of carbonyl (C=O) groups is 1. The van der Waals surface area contributed by atoms with E-state index in [4.69, 9.17) is 10.5 Å². The number of rotatable bonds is 3. The van der Waals surface area contributed by atoms with Crippen molar-refractivity contribution >= 4 is 11.6 Å². The van der Waals surface area contributed by atoms with Crippen LogP contribution in [0, 0.1) is 13.8 Å². The number of amides is 1. The van der Waals surface area contributed by atoms with Gasteiger partial charge in [-0.1, -0.05) is 23.8 Å². The quantitative estimate of drug-likeness (QED) is 0.878. The van der Waals surface area contributed by atoms with Crippen molar-refractivity contribution in [3.05, 3.63) is 59.2 Å². The molecule has 0 radical (unpaired) electrons. The smallest absolute Gasteiger partial charge is 0.254 e. The molecule has 24 heavy (non-hydrogen) atoms. The summed E-state index contributed by atoms with van der Waals surface area (Å²) < 4.78 is 6.03. The number of nitrogens with zero attached hydrogens (tertiary/aromatic N) is 1. The zero-order valence-corrected chi connectivity index (χ0v) is 14.3. The van der Waals surface area contributed by atoms with Crippen LogP contribution in [0.1, 0.15) is 34.3 Å². The van der Waals surface area contributed by atoms with Crippen LogP contribution in [-0.4, -0.2) is 30.0 Å². The highest BCUT2D eigenvalue weighted by atomic mass is 16.5. The van der Waals surface area contributed by atoms with Gasteiger partial charge in [0.25, 0.3) is 5.91 Å². The minimum atomic E-state index is 0.0635. The van der Waals surface area contributed by atoms with E-state index in [1.54, 1.807) is 6.07 Å². The first kappa shape index (κ1) is 16.4. The molecule has 0 atom stereocenters. The number of ether oxygens (including phenoxy) is 1. The van der Waals surface area contributed by atoms with Crippen molar-refractivity contribution in [3.8, 4) is 5.75 Å². The molecule has 2 aromatic rings. The fourth-order valence-corrected chi connectivity index (χ4v) is 3.03. The van der Waals surface area contributed by atoms with Gasteiger partial charge >= 0.3 is 0 Å². The van der Waals surface area contributed by atoms with Gasteiger partial charge in [-0.15, -0.1) is 0 Å². The molecule has 1 saturated heterocycles. The number of piperidine rings is 1. The van der Waals surface area contributed by atoms with Gasteiger partial charge in [-0.05, 0) is 43.7 Å². The van der Waals surface area contributed by atoms with Crippen molar-refractivity contribution < 1.29 is 9.53 Å². The SMILES string of the molecule is Cc1ccc(OC2CCN(C(=O)c3cc(N)ccc3C)CC2)cc1. The van der Waals surface area contributed by atoms with E-state index in [9.17, 15) is 4.79 Å². The summed E-state index contributed by atoms with van der Waals surface area (Å²) in [5.41, 5.74) is 9.34. The molecule has 126 valence electrons. The lowest BCUT2D eigenvalue weighted by molar-refractivity contribution is 0.0595. The second kappa shape index (κ2) is 6.95. The van der Waals surface area contributed by atoms with Gasteiger partial charge in [0.1, 0.15) is 11.9 Å². The van der Waals surface area contributed by atoms with Gasteiger partial charge in [0.05, 0.1) is 0 Å². The summed E-state index contributed by atoms with van der Waals surface area (Å²) >= 11 is 0. The molecule has 2 aromatic carbocycles. The van der Waals surface area contributed by atoms with Crippen molar-refractivity contribution in [2.75, 3.05) is 18.8 Å². The molecule has 1 aliphatic heterocycles. The summed E-state index contributed by atoms with van der Waals surface area (Å²) in [4.78, 5) is 14.6. The Balaban J connectivity index is 1.59. The molecule has 0 bridgehead atoms. The molecule has 4 nitrogen and oxygen atoms in total. The van der Waals surface area contributed by atoms with Crippen molar-refractivity contribution in [1.29, 1.82) is 0 Å². The first-order chi connectivity index (χ1) is 11.5. The number of nitrogens with two attached hydrogens (primary N) is 1. The molecular weight excluding hydrogens is 300 g/mol. The first-order valence-corrected chi connectivity index (χ1v) is 8.41. The lowest BCUT2D eigenvalue weighted by atomic mass is 10.0. The summed E-state index contributed by atoms with van der Waals surface area (Å²) in [5, 5.41) is 0. The highest BCUT2D eigenvalue weighted by Crippen LogP contribution is 2.22. The number of nitrogen functional groups attached to an aromatic ring is 1. The molecule has 4 heteroatoms. The fraction of sp³-hybridized carbons (Fsp3) is 0.350. The molecule has 1 fully saturated rings. The minimum absolute atomic E-state index is 0.0635. The maximum absolute atomic E-state index is 12.7. The number of carbonyl (C=O) groups excluding carboxylic acids is 1. The largest absolute Gasteiger partial charge is 0.490 e.